The Morgan fingerprint density at radius 1 is 0.543 bits per heavy atom. The third kappa shape index (κ3) is 3.87. The Labute approximate surface area is 203 Å². The van der Waals surface area contributed by atoms with Crippen LogP contribution in [-0.2, 0) is 0 Å². The lowest BCUT2D eigenvalue weighted by atomic mass is 9.80. The molecule has 0 atom stereocenters. The first-order valence-electron chi connectivity index (χ1n) is 11.5. The van der Waals surface area contributed by atoms with Crippen molar-refractivity contribution in [2.24, 2.45) is 0 Å². The van der Waals surface area contributed by atoms with Gasteiger partial charge in [-0.25, -0.2) is 0 Å². The van der Waals surface area contributed by atoms with Crippen LogP contribution in [0.1, 0.15) is 0 Å². The van der Waals surface area contributed by atoms with Crippen molar-refractivity contribution in [3.05, 3.63) is 121 Å². The van der Waals surface area contributed by atoms with Crippen molar-refractivity contribution in [3.63, 3.8) is 0 Å². The molecule has 0 aliphatic heterocycles. The van der Waals surface area contributed by atoms with E-state index in [0.29, 0.717) is 5.46 Å². The van der Waals surface area contributed by atoms with E-state index in [9.17, 15) is 10.0 Å². The number of benzene rings is 5. The van der Waals surface area contributed by atoms with Crippen molar-refractivity contribution in [1.29, 1.82) is 0 Å². The summed E-state index contributed by atoms with van der Waals surface area (Å²) in [5, 5.41) is 21.3. The first kappa shape index (κ1) is 21.2. The summed E-state index contributed by atoms with van der Waals surface area (Å²) >= 11 is 0. The molecule has 6 aromatic rings. The third-order valence-corrected chi connectivity index (χ3v) is 6.30. The molecule has 5 heteroatoms. The molecule has 0 spiro atoms. The van der Waals surface area contributed by atoms with E-state index in [1.165, 1.54) is 0 Å². The highest BCUT2D eigenvalue weighted by atomic mass is 16.4. The molecule has 0 fully saturated rings. The van der Waals surface area contributed by atoms with Crippen LogP contribution in [0.15, 0.2) is 126 Å². The maximum Gasteiger partial charge on any atom is 0.488 e. The predicted molar refractivity (Wildman–Crippen MR) is 144 cm³/mol. The molecule has 0 radical (unpaired) electrons. The number of fused-ring (bicyclic) bond motifs is 3. The summed E-state index contributed by atoms with van der Waals surface area (Å²) in [5.41, 5.74) is 7.27. The van der Waals surface area contributed by atoms with Gasteiger partial charge in [0.25, 0.3) is 0 Å². The molecule has 5 aromatic carbocycles. The zero-order valence-electron chi connectivity index (χ0n) is 18.9. The Morgan fingerprint density at radius 3 is 1.86 bits per heavy atom. The standard InChI is InChI=1S/C30H22BNO3/c33-31(34)23-15-19-25(20-16-23)32(24-17-13-22(14-18-24)21-7-2-1-3-8-21)27-10-6-12-29-30(27)26-9-4-5-11-28(26)35-29/h1-20,33-34H. The fourth-order valence-corrected chi connectivity index (χ4v) is 4.60. The molecule has 0 saturated carbocycles. The molecule has 0 bridgehead atoms. The van der Waals surface area contributed by atoms with E-state index in [1.54, 1.807) is 12.1 Å². The van der Waals surface area contributed by atoms with Gasteiger partial charge in [0.1, 0.15) is 11.2 Å². The van der Waals surface area contributed by atoms with E-state index in [1.807, 2.05) is 60.7 Å². The second kappa shape index (κ2) is 8.80. The van der Waals surface area contributed by atoms with Crippen molar-refractivity contribution in [2.75, 3.05) is 4.90 Å². The van der Waals surface area contributed by atoms with Gasteiger partial charge in [-0.2, -0.15) is 0 Å². The number of furan rings is 1. The summed E-state index contributed by atoms with van der Waals surface area (Å²) in [7, 11) is -1.51. The number of hydrogen-bond acceptors (Lipinski definition) is 4. The van der Waals surface area contributed by atoms with Crippen LogP contribution in [0.4, 0.5) is 17.1 Å². The summed E-state index contributed by atoms with van der Waals surface area (Å²) in [5.74, 6) is 0. The highest BCUT2D eigenvalue weighted by Crippen LogP contribution is 2.42. The topological polar surface area (TPSA) is 56.8 Å². The average Bonchev–Trinajstić information content (AvgIpc) is 3.30. The van der Waals surface area contributed by atoms with Crippen LogP contribution in [0.2, 0.25) is 0 Å². The van der Waals surface area contributed by atoms with Gasteiger partial charge in [-0.1, -0.05) is 78.9 Å². The van der Waals surface area contributed by atoms with Crippen LogP contribution in [0, 0.1) is 0 Å². The van der Waals surface area contributed by atoms with Gasteiger partial charge in [-0.05, 0) is 59.1 Å². The van der Waals surface area contributed by atoms with Crippen molar-refractivity contribution < 1.29 is 14.5 Å². The van der Waals surface area contributed by atoms with E-state index in [4.69, 9.17) is 4.42 Å². The second-order valence-corrected chi connectivity index (χ2v) is 8.46. The smallest absolute Gasteiger partial charge is 0.456 e. The van der Waals surface area contributed by atoms with Crippen LogP contribution in [-0.4, -0.2) is 17.2 Å². The van der Waals surface area contributed by atoms with Crippen molar-refractivity contribution in [3.8, 4) is 11.1 Å². The molecule has 35 heavy (non-hydrogen) atoms. The van der Waals surface area contributed by atoms with Gasteiger partial charge in [0.2, 0.25) is 0 Å². The molecular formula is C30H22BNO3. The van der Waals surface area contributed by atoms with Crippen LogP contribution < -0.4 is 10.4 Å². The molecule has 0 aliphatic carbocycles. The Kier molecular flexibility index (Phi) is 5.34. The monoisotopic (exact) mass is 455 g/mol. The number of nitrogens with zero attached hydrogens (tertiary/aromatic N) is 1. The number of hydrogen-bond donors (Lipinski definition) is 2. The van der Waals surface area contributed by atoms with Gasteiger partial charge >= 0.3 is 7.12 Å². The summed E-state index contributed by atoms with van der Waals surface area (Å²) in [6, 6.07) is 40.2. The Hall–Kier alpha value is -4.32. The molecule has 0 unspecified atom stereocenters. The van der Waals surface area contributed by atoms with Gasteiger partial charge in [-0.3, -0.25) is 0 Å². The minimum Gasteiger partial charge on any atom is -0.456 e. The molecule has 4 nitrogen and oxygen atoms in total. The molecule has 1 aromatic heterocycles. The lowest BCUT2D eigenvalue weighted by Crippen LogP contribution is -2.29. The summed E-state index contributed by atoms with van der Waals surface area (Å²) in [6.45, 7) is 0. The number of para-hydroxylation sites is 1. The highest BCUT2D eigenvalue weighted by Gasteiger charge is 2.20. The SMILES string of the molecule is OB(O)c1ccc(N(c2ccc(-c3ccccc3)cc2)c2cccc3oc4ccccc4c23)cc1. The fraction of sp³-hybridized carbons (Fsp3) is 0. The zero-order chi connectivity index (χ0) is 23.8. The van der Waals surface area contributed by atoms with E-state index in [2.05, 4.69) is 53.4 Å². The molecule has 6 rings (SSSR count). The molecule has 2 N–H and O–H groups in total. The first-order chi connectivity index (χ1) is 17.2. The normalized spacial score (nSPS) is 11.1. The highest BCUT2D eigenvalue weighted by molar-refractivity contribution is 6.58. The maximum absolute atomic E-state index is 9.59. The molecule has 0 aliphatic rings. The van der Waals surface area contributed by atoms with Gasteiger partial charge in [-0.15, -0.1) is 0 Å². The number of rotatable bonds is 5. The van der Waals surface area contributed by atoms with E-state index >= 15 is 0 Å². The summed E-state index contributed by atoms with van der Waals surface area (Å²) < 4.78 is 6.15. The van der Waals surface area contributed by atoms with Crippen LogP contribution in [0.5, 0.6) is 0 Å². The molecule has 168 valence electrons. The van der Waals surface area contributed by atoms with Crippen molar-refractivity contribution in [2.45, 2.75) is 0 Å². The van der Waals surface area contributed by atoms with Gasteiger partial charge in [0, 0.05) is 16.8 Å². The van der Waals surface area contributed by atoms with E-state index < -0.39 is 7.12 Å². The van der Waals surface area contributed by atoms with Crippen LogP contribution >= 0.6 is 0 Å². The molecule has 1 heterocycles. The first-order valence-corrected chi connectivity index (χ1v) is 11.5. The molecule has 0 amide bonds. The second-order valence-electron chi connectivity index (χ2n) is 8.46. The minimum absolute atomic E-state index is 0.445. The molecular weight excluding hydrogens is 433 g/mol. The number of anilines is 3. The lowest BCUT2D eigenvalue weighted by Gasteiger charge is -2.26. The summed E-state index contributed by atoms with van der Waals surface area (Å²) in [6.07, 6.45) is 0. The predicted octanol–water partition coefficient (Wildman–Crippen LogP) is 6.40. The van der Waals surface area contributed by atoms with Gasteiger partial charge in [0.15, 0.2) is 0 Å². The zero-order valence-corrected chi connectivity index (χ0v) is 18.9. The minimum atomic E-state index is -1.51. The molecule has 0 saturated heterocycles. The van der Waals surface area contributed by atoms with Gasteiger partial charge < -0.3 is 19.4 Å². The lowest BCUT2D eigenvalue weighted by molar-refractivity contribution is 0.426. The average molecular weight is 455 g/mol. The Bertz CT molecular complexity index is 1610. The fourth-order valence-electron chi connectivity index (χ4n) is 4.60. The van der Waals surface area contributed by atoms with Gasteiger partial charge in [0.05, 0.1) is 11.1 Å². The van der Waals surface area contributed by atoms with Crippen LogP contribution in [0.25, 0.3) is 33.1 Å². The van der Waals surface area contributed by atoms with Crippen molar-refractivity contribution >= 4 is 51.6 Å². The largest absolute Gasteiger partial charge is 0.488 e. The maximum atomic E-state index is 9.59. The quantitative estimate of drug-likeness (QED) is 0.295. The van der Waals surface area contributed by atoms with Crippen LogP contribution in [0.3, 0.4) is 0 Å². The Morgan fingerprint density at radius 2 is 1.14 bits per heavy atom. The van der Waals surface area contributed by atoms with E-state index in [0.717, 1.165) is 50.1 Å². The van der Waals surface area contributed by atoms with E-state index in [-0.39, 0.29) is 0 Å². The summed E-state index contributed by atoms with van der Waals surface area (Å²) in [4.78, 5) is 2.17. The van der Waals surface area contributed by atoms with Crippen molar-refractivity contribution in [1.82, 2.24) is 0 Å². The third-order valence-electron chi connectivity index (χ3n) is 6.30. The Balaban J connectivity index is 1.55.